The first-order valence-electron chi connectivity index (χ1n) is 4.35. The zero-order valence-corrected chi connectivity index (χ0v) is 8.29. The first kappa shape index (κ1) is 11.4. The van der Waals surface area contributed by atoms with Crippen LogP contribution in [0.4, 0.5) is 0 Å². The van der Waals surface area contributed by atoms with Crippen molar-refractivity contribution in [2.75, 3.05) is 13.7 Å². The molecule has 0 aromatic heterocycles. The number of hydrogen-bond acceptors (Lipinski definition) is 2. The molecule has 70 valence electrons. The molecular weight excluding hydrogens is 150 g/mol. The predicted octanol–water partition coefficient (Wildman–Crippen LogP) is 2.30. The van der Waals surface area contributed by atoms with Crippen LogP contribution >= 0.6 is 0 Å². The van der Waals surface area contributed by atoms with Crippen molar-refractivity contribution in [3.8, 4) is 0 Å². The molecule has 2 nitrogen and oxygen atoms in total. The minimum Gasteiger partial charge on any atom is -0.385 e. The summed E-state index contributed by atoms with van der Waals surface area (Å²) in [6.07, 6.45) is 4.53. The number of nitrogens with zero attached hydrogens (tertiary/aromatic N) is 1. The Morgan fingerprint density at radius 3 is 2.67 bits per heavy atom. The van der Waals surface area contributed by atoms with E-state index in [1.165, 1.54) is 0 Å². The van der Waals surface area contributed by atoms with Crippen molar-refractivity contribution in [3.63, 3.8) is 0 Å². The minimum absolute atomic E-state index is 0.359. The molecule has 0 saturated heterocycles. The third-order valence-electron chi connectivity index (χ3n) is 2.03. The lowest BCUT2D eigenvalue weighted by Gasteiger charge is -2.14. The van der Waals surface area contributed by atoms with Crippen LogP contribution in [-0.2, 0) is 4.74 Å². The van der Waals surface area contributed by atoms with Crippen molar-refractivity contribution < 1.29 is 4.74 Å². The van der Waals surface area contributed by atoms with Gasteiger partial charge in [-0.3, -0.25) is 4.99 Å². The largest absolute Gasteiger partial charge is 0.385 e. The highest BCUT2D eigenvalue weighted by molar-refractivity contribution is 5.70. The van der Waals surface area contributed by atoms with Gasteiger partial charge in [-0.25, -0.2) is 0 Å². The van der Waals surface area contributed by atoms with Crippen LogP contribution in [0.2, 0.25) is 0 Å². The standard InChI is InChI=1S/C10H19NO/c1-5-7-11-10(3)9(2)6-8-12-4/h5,7,9-10H,1,6,8H2,2-4H3/b11-7+. The van der Waals surface area contributed by atoms with Gasteiger partial charge in [0.05, 0.1) is 0 Å². The Morgan fingerprint density at radius 1 is 1.50 bits per heavy atom. The van der Waals surface area contributed by atoms with E-state index in [-0.39, 0.29) is 0 Å². The quantitative estimate of drug-likeness (QED) is 0.559. The summed E-state index contributed by atoms with van der Waals surface area (Å²) in [7, 11) is 1.73. The summed E-state index contributed by atoms with van der Waals surface area (Å²) in [5, 5.41) is 0. The van der Waals surface area contributed by atoms with Gasteiger partial charge in [0.15, 0.2) is 0 Å². The van der Waals surface area contributed by atoms with E-state index in [4.69, 9.17) is 4.74 Å². The molecule has 0 amide bonds. The van der Waals surface area contributed by atoms with Crippen molar-refractivity contribution in [3.05, 3.63) is 12.7 Å². The van der Waals surface area contributed by atoms with E-state index in [1.54, 1.807) is 19.4 Å². The fraction of sp³-hybridized carbons (Fsp3) is 0.700. The second-order valence-corrected chi connectivity index (χ2v) is 3.03. The minimum atomic E-state index is 0.359. The molecule has 0 rings (SSSR count). The molecular formula is C10H19NO. The van der Waals surface area contributed by atoms with Crippen LogP contribution in [0.1, 0.15) is 20.3 Å². The Balaban J connectivity index is 3.67. The lowest BCUT2D eigenvalue weighted by atomic mass is 10.0. The van der Waals surface area contributed by atoms with Crippen LogP contribution < -0.4 is 0 Å². The van der Waals surface area contributed by atoms with E-state index in [2.05, 4.69) is 25.4 Å². The lowest BCUT2D eigenvalue weighted by Crippen LogP contribution is -2.13. The molecule has 2 unspecified atom stereocenters. The highest BCUT2D eigenvalue weighted by atomic mass is 16.5. The van der Waals surface area contributed by atoms with Gasteiger partial charge in [-0.05, 0) is 19.3 Å². The molecule has 0 spiro atoms. The molecule has 0 fully saturated rings. The van der Waals surface area contributed by atoms with Crippen molar-refractivity contribution in [1.29, 1.82) is 0 Å². The SMILES string of the molecule is C=C/C=N/C(C)C(C)CCOC. The molecule has 2 atom stereocenters. The van der Waals surface area contributed by atoms with Crippen LogP contribution in [0.15, 0.2) is 17.6 Å². The molecule has 0 aromatic carbocycles. The predicted molar refractivity (Wildman–Crippen MR) is 53.8 cm³/mol. The summed E-state index contributed by atoms with van der Waals surface area (Å²) in [6, 6.07) is 0.359. The van der Waals surface area contributed by atoms with E-state index in [9.17, 15) is 0 Å². The van der Waals surface area contributed by atoms with Crippen molar-refractivity contribution in [1.82, 2.24) is 0 Å². The number of ether oxygens (including phenoxy) is 1. The fourth-order valence-electron chi connectivity index (χ4n) is 0.888. The molecule has 2 heteroatoms. The number of rotatable bonds is 6. The van der Waals surface area contributed by atoms with E-state index in [0.717, 1.165) is 13.0 Å². The Hall–Kier alpha value is -0.630. The van der Waals surface area contributed by atoms with Crippen molar-refractivity contribution in [2.45, 2.75) is 26.3 Å². The van der Waals surface area contributed by atoms with Gasteiger partial charge in [0.25, 0.3) is 0 Å². The van der Waals surface area contributed by atoms with Crippen LogP contribution in [0, 0.1) is 5.92 Å². The normalized spacial score (nSPS) is 16.2. The second kappa shape index (κ2) is 7.04. The van der Waals surface area contributed by atoms with Crippen LogP contribution in [0.3, 0.4) is 0 Å². The molecule has 0 radical (unpaired) electrons. The number of aliphatic imine (C=N–C) groups is 1. The maximum absolute atomic E-state index is 5.00. The monoisotopic (exact) mass is 169 g/mol. The fourth-order valence-corrected chi connectivity index (χ4v) is 0.888. The van der Waals surface area contributed by atoms with E-state index in [1.807, 2.05) is 0 Å². The third-order valence-corrected chi connectivity index (χ3v) is 2.03. The molecule has 0 aliphatic heterocycles. The molecule has 0 N–H and O–H groups in total. The third kappa shape index (κ3) is 5.08. The molecule has 0 aliphatic carbocycles. The summed E-state index contributed by atoms with van der Waals surface area (Å²) < 4.78 is 5.00. The van der Waals surface area contributed by atoms with Gasteiger partial charge in [-0.2, -0.15) is 0 Å². The molecule has 0 heterocycles. The Kier molecular flexibility index (Phi) is 6.67. The van der Waals surface area contributed by atoms with E-state index in [0.29, 0.717) is 12.0 Å². The summed E-state index contributed by atoms with van der Waals surface area (Å²) in [6.45, 7) is 8.69. The summed E-state index contributed by atoms with van der Waals surface area (Å²) >= 11 is 0. The smallest absolute Gasteiger partial charge is 0.0497 e. The molecule has 0 aromatic rings. The molecule has 0 saturated carbocycles. The van der Waals surface area contributed by atoms with Gasteiger partial charge in [0.1, 0.15) is 0 Å². The molecule has 0 aliphatic rings. The maximum atomic E-state index is 5.00. The molecule has 0 bridgehead atoms. The average Bonchev–Trinajstić information content (AvgIpc) is 2.10. The van der Waals surface area contributed by atoms with E-state index < -0.39 is 0 Å². The lowest BCUT2D eigenvalue weighted by molar-refractivity contribution is 0.176. The Morgan fingerprint density at radius 2 is 2.17 bits per heavy atom. The number of allylic oxidation sites excluding steroid dienone is 1. The number of hydrogen-bond donors (Lipinski definition) is 0. The van der Waals surface area contributed by atoms with Crippen LogP contribution in [0.5, 0.6) is 0 Å². The topological polar surface area (TPSA) is 21.6 Å². The van der Waals surface area contributed by atoms with Gasteiger partial charge in [0.2, 0.25) is 0 Å². The highest BCUT2D eigenvalue weighted by Crippen LogP contribution is 2.10. The van der Waals surface area contributed by atoms with Crippen LogP contribution in [-0.4, -0.2) is 26.0 Å². The van der Waals surface area contributed by atoms with Crippen molar-refractivity contribution in [2.24, 2.45) is 10.9 Å². The molecule has 12 heavy (non-hydrogen) atoms. The van der Waals surface area contributed by atoms with Crippen LogP contribution in [0.25, 0.3) is 0 Å². The van der Waals surface area contributed by atoms with Crippen molar-refractivity contribution >= 4 is 6.21 Å². The van der Waals surface area contributed by atoms with Gasteiger partial charge in [-0.15, -0.1) is 0 Å². The first-order valence-corrected chi connectivity index (χ1v) is 4.35. The summed E-state index contributed by atoms with van der Waals surface area (Å²) in [5.41, 5.74) is 0. The Bertz CT molecular complexity index is 143. The second-order valence-electron chi connectivity index (χ2n) is 3.03. The zero-order valence-electron chi connectivity index (χ0n) is 8.29. The highest BCUT2D eigenvalue weighted by Gasteiger charge is 2.08. The van der Waals surface area contributed by atoms with Gasteiger partial charge < -0.3 is 4.74 Å². The Labute approximate surface area is 75.3 Å². The zero-order chi connectivity index (χ0) is 9.40. The summed E-state index contributed by atoms with van der Waals surface area (Å²) in [5.74, 6) is 0.571. The average molecular weight is 169 g/mol. The van der Waals surface area contributed by atoms with Gasteiger partial charge in [-0.1, -0.05) is 19.6 Å². The van der Waals surface area contributed by atoms with E-state index >= 15 is 0 Å². The maximum Gasteiger partial charge on any atom is 0.0497 e. The first-order chi connectivity index (χ1) is 5.72. The number of methoxy groups -OCH3 is 1. The van der Waals surface area contributed by atoms with Gasteiger partial charge in [0, 0.05) is 26.0 Å². The summed E-state index contributed by atoms with van der Waals surface area (Å²) in [4.78, 5) is 4.30. The van der Waals surface area contributed by atoms with Gasteiger partial charge >= 0.3 is 0 Å².